The minimum absolute atomic E-state index is 0.00584. The molecule has 6 nitrogen and oxygen atoms in total. The monoisotopic (exact) mass is 326 g/mol. The van der Waals surface area contributed by atoms with E-state index in [0.29, 0.717) is 29.2 Å². The Bertz CT molecular complexity index is 688. The first-order chi connectivity index (χ1) is 11.7. The highest BCUT2D eigenvalue weighted by Crippen LogP contribution is 2.32. The number of carbonyl (C=O) groups is 1. The molecule has 126 valence electrons. The number of carbonyl (C=O) groups excluding carboxylic acids is 1. The van der Waals surface area contributed by atoms with Crippen molar-refractivity contribution in [1.29, 1.82) is 0 Å². The Balaban J connectivity index is 1.41. The molecule has 3 fully saturated rings. The van der Waals surface area contributed by atoms with Gasteiger partial charge in [-0.2, -0.15) is 0 Å². The van der Waals surface area contributed by atoms with Crippen molar-refractivity contribution in [2.75, 3.05) is 13.1 Å². The maximum atomic E-state index is 12.6. The molecule has 2 N–H and O–H groups in total. The molecule has 4 heterocycles. The number of rotatable bonds is 4. The number of nitrogens with one attached hydrogen (secondary N) is 2. The van der Waals surface area contributed by atoms with Gasteiger partial charge < -0.3 is 15.0 Å². The molecule has 3 saturated heterocycles. The Morgan fingerprint density at radius 3 is 2.67 bits per heavy atom. The third-order valence-electron chi connectivity index (χ3n) is 5.29. The maximum Gasteiger partial charge on any atom is 0.251 e. The first-order valence-electron chi connectivity index (χ1n) is 8.52. The van der Waals surface area contributed by atoms with Gasteiger partial charge in [-0.25, -0.2) is 4.98 Å². The van der Waals surface area contributed by atoms with E-state index in [4.69, 9.17) is 4.74 Å². The van der Waals surface area contributed by atoms with Crippen LogP contribution in [0.2, 0.25) is 0 Å². The Labute approximate surface area is 141 Å². The Kier molecular flexibility index (Phi) is 3.98. The van der Waals surface area contributed by atoms with E-state index in [9.17, 15) is 4.79 Å². The molecule has 5 rings (SSSR count). The average molecular weight is 326 g/mol. The summed E-state index contributed by atoms with van der Waals surface area (Å²) in [4.78, 5) is 21.8. The number of hydrogen-bond acceptors (Lipinski definition) is 4. The second kappa shape index (κ2) is 6.28. The van der Waals surface area contributed by atoms with Crippen molar-refractivity contribution >= 4 is 5.91 Å². The smallest absolute Gasteiger partial charge is 0.251 e. The van der Waals surface area contributed by atoms with Crippen molar-refractivity contribution in [3.63, 3.8) is 0 Å². The van der Waals surface area contributed by atoms with Crippen LogP contribution in [0.4, 0.5) is 0 Å². The lowest BCUT2D eigenvalue weighted by atomic mass is 9.79. The quantitative estimate of drug-likeness (QED) is 0.905. The Morgan fingerprint density at radius 1 is 1.29 bits per heavy atom. The lowest BCUT2D eigenvalue weighted by Gasteiger charge is -2.49. The van der Waals surface area contributed by atoms with Crippen LogP contribution in [0.1, 0.15) is 30.1 Å². The van der Waals surface area contributed by atoms with E-state index in [2.05, 4.69) is 27.1 Å². The van der Waals surface area contributed by atoms with Crippen LogP contribution in [-0.4, -0.2) is 45.9 Å². The molecule has 2 aromatic rings. The maximum absolute atomic E-state index is 12.6. The van der Waals surface area contributed by atoms with Crippen LogP contribution in [0, 0.1) is 5.92 Å². The highest BCUT2D eigenvalue weighted by atomic mass is 16.5. The second-order valence-corrected chi connectivity index (χ2v) is 6.66. The molecular weight excluding hydrogens is 304 g/mol. The topological polar surface area (TPSA) is 70.2 Å². The lowest BCUT2D eigenvalue weighted by molar-refractivity contribution is 0.0217. The fourth-order valence-corrected chi connectivity index (χ4v) is 3.88. The van der Waals surface area contributed by atoms with Crippen molar-refractivity contribution in [2.24, 2.45) is 5.92 Å². The number of amides is 1. The summed E-state index contributed by atoms with van der Waals surface area (Å²) in [6.07, 6.45) is 5.54. The third kappa shape index (κ3) is 2.89. The first kappa shape index (κ1) is 15.2. The molecule has 2 atom stereocenters. The van der Waals surface area contributed by atoms with Gasteiger partial charge in [-0.1, -0.05) is 0 Å². The molecule has 1 amide bonds. The number of fused-ring (bicyclic) bond motifs is 3. The zero-order valence-electron chi connectivity index (χ0n) is 13.7. The standard InChI is InChI=1S/C18H22N4O2/c1-12-17(13-6-8-22(12)9-7-13)21-18(23)14-2-4-15(5-3-14)24-16-10-19-11-20-16/h2-5,10-13,17H,6-9H2,1H3,(H,19,20)(H,21,23)/t12-,17-/m0/s1. The molecule has 0 unspecified atom stereocenters. The number of nitrogens with zero attached hydrogens (tertiary/aromatic N) is 2. The normalized spacial score (nSPS) is 28.5. The van der Waals surface area contributed by atoms with Crippen LogP contribution < -0.4 is 10.1 Å². The zero-order chi connectivity index (χ0) is 16.5. The van der Waals surface area contributed by atoms with Gasteiger partial charge >= 0.3 is 0 Å². The fraction of sp³-hybridized carbons (Fsp3) is 0.444. The molecule has 3 aliphatic rings. The summed E-state index contributed by atoms with van der Waals surface area (Å²) in [5.41, 5.74) is 0.663. The second-order valence-electron chi connectivity index (χ2n) is 6.66. The van der Waals surface area contributed by atoms with E-state index in [1.807, 2.05) is 0 Å². The third-order valence-corrected chi connectivity index (χ3v) is 5.29. The molecular formula is C18H22N4O2. The van der Waals surface area contributed by atoms with E-state index in [1.165, 1.54) is 12.8 Å². The predicted molar refractivity (Wildman–Crippen MR) is 90.1 cm³/mol. The molecule has 0 radical (unpaired) electrons. The van der Waals surface area contributed by atoms with Crippen LogP contribution in [0.3, 0.4) is 0 Å². The Morgan fingerprint density at radius 2 is 2.04 bits per heavy atom. The van der Waals surface area contributed by atoms with Gasteiger partial charge in [0.15, 0.2) is 0 Å². The van der Waals surface area contributed by atoms with Crippen molar-refractivity contribution in [3.8, 4) is 11.6 Å². The fourth-order valence-electron chi connectivity index (χ4n) is 3.88. The number of H-pyrrole nitrogens is 1. The lowest BCUT2D eigenvalue weighted by Crippen LogP contribution is -2.62. The highest BCUT2D eigenvalue weighted by Gasteiger charge is 2.40. The van der Waals surface area contributed by atoms with Gasteiger partial charge in [0.05, 0.1) is 12.5 Å². The van der Waals surface area contributed by atoms with Crippen molar-refractivity contribution < 1.29 is 9.53 Å². The number of hydrogen-bond donors (Lipinski definition) is 2. The first-order valence-corrected chi connectivity index (χ1v) is 8.52. The van der Waals surface area contributed by atoms with E-state index >= 15 is 0 Å². The SMILES string of the molecule is C[C@H]1[C@H](NC(=O)c2ccc(Oc3cnc[nH]3)cc2)C2CCN1CC2. The summed E-state index contributed by atoms with van der Waals surface area (Å²) in [5.74, 6) is 1.85. The molecule has 0 saturated carbocycles. The number of benzene rings is 1. The minimum Gasteiger partial charge on any atom is -0.439 e. The number of aromatic amines is 1. The minimum atomic E-state index is -0.00584. The molecule has 3 aliphatic heterocycles. The van der Waals surface area contributed by atoms with E-state index in [0.717, 1.165) is 13.1 Å². The van der Waals surface area contributed by atoms with E-state index in [1.54, 1.807) is 36.8 Å². The number of piperidine rings is 3. The van der Waals surface area contributed by atoms with Gasteiger partial charge in [0, 0.05) is 17.6 Å². The Hall–Kier alpha value is -2.34. The van der Waals surface area contributed by atoms with Crippen LogP contribution in [0.5, 0.6) is 11.6 Å². The molecule has 6 heteroatoms. The van der Waals surface area contributed by atoms with Crippen LogP contribution >= 0.6 is 0 Å². The van der Waals surface area contributed by atoms with Gasteiger partial charge in [-0.05, 0) is 63.0 Å². The summed E-state index contributed by atoms with van der Waals surface area (Å²) in [7, 11) is 0. The van der Waals surface area contributed by atoms with Gasteiger partial charge in [-0.3, -0.25) is 9.69 Å². The zero-order valence-corrected chi connectivity index (χ0v) is 13.7. The van der Waals surface area contributed by atoms with Crippen LogP contribution in [-0.2, 0) is 0 Å². The van der Waals surface area contributed by atoms with E-state index in [-0.39, 0.29) is 11.9 Å². The van der Waals surface area contributed by atoms with Crippen molar-refractivity contribution in [3.05, 3.63) is 42.4 Å². The largest absolute Gasteiger partial charge is 0.439 e. The van der Waals surface area contributed by atoms with Gasteiger partial charge in [-0.15, -0.1) is 0 Å². The summed E-state index contributed by atoms with van der Waals surface area (Å²) >= 11 is 0. The van der Waals surface area contributed by atoms with Gasteiger partial charge in [0.1, 0.15) is 5.75 Å². The number of aromatic nitrogens is 2. The summed E-state index contributed by atoms with van der Waals surface area (Å²) in [6.45, 7) is 4.55. The van der Waals surface area contributed by atoms with Crippen molar-refractivity contribution in [1.82, 2.24) is 20.2 Å². The summed E-state index contributed by atoms with van der Waals surface area (Å²) < 4.78 is 5.60. The van der Waals surface area contributed by atoms with Crippen LogP contribution in [0.25, 0.3) is 0 Å². The predicted octanol–water partition coefficient (Wildman–Crippen LogP) is 2.41. The van der Waals surface area contributed by atoms with Gasteiger partial charge in [0.25, 0.3) is 5.91 Å². The van der Waals surface area contributed by atoms with E-state index < -0.39 is 0 Å². The highest BCUT2D eigenvalue weighted by molar-refractivity contribution is 5.94. The number of ether oxygens (including phenoxy) is 1. The summed E-state index contributed by atoms with van der Waals surface area (Å²) in [6, 6.07) is 7.87. The molecule has 2 bridgehead atoms. The average Bonchev–Trinajstić information content (AvgIpc) is 3.12. The molecule has 1 aromatic carbocycles. The molecule has 1 aromatic heterocycles. The van der Waals surface area contributed by atoms with Crippen molar-refractivity contribution in [2.45, 2.75) is 31.8 Å². The molecule has 0 aliphatic carbocycles. The summed E-state index contributed by atoms with van der Waals surface area (Å²) in [5, 5.41) is 3.24. The number of imidazole rings is 1. The van der Waals surface area contributed by atoms with Crippen LogP contribution in [0.15, 0.2) is 36.8 Å². The molecule has 0 spiro atoms. The van der Waals surface area contributed by atoms with Gasteiger partial charge in [0.2, 0.25) is 5.88 Å². The molecule has 24 heavy (non-hydrogen) atoms.